The van der Waals surface area contributed by atoms with E-state index >= 15 is 0 Å². The quantitative estimate of drug-likeness (QED) is 0.268. The van der Waals surface area contributed by atoms with Crippen molar-refractivity contribution < 1.29 is 22.4 Å². The first-order valence-electron chi connectivity index (χ1n) is 11.0. The smallest absolute Gasteiger partial charge is 0.255 e. The Bertz CT molecular complexity index is 1510. The van der Waals surface area contributed by atoms with E-state index in [0.717, 1.165) is 10.5 Å². The number of halogens is 1. The van der Waals surface area contributed by atoms with Gasteiger partial charge in [0.25, 0.3) is 5.91 Å². The summed E-state index contributed by atoms with van der Waals surface area (Å²) in [4.78, 5) is 26.5. The monoisotopic (exact) mass is 535 g/mol. The Kier molecular flexibility index (Phi) is 8.02. The molecule has 10 heteroatoms. The summed E-state index contributed by atoms with van der Waals surface area (Å²) >= 11 is 1.29. The average Bonchev–Trinajstić information content (AvgIpc) is 2.88. The lowest BCUT2D eigenvalue weighted by Gasteiger charge is -2.18. The molecule has 0 saturated carbocycles. The van der Waals surface area contributed by atoms with Crippen LogP contribution in [0.4, 0.5) is 15.8 Å². The fourth-order valence-electron chi connectivity index (χ4n) is 3.42. The first-order valence-corrected chi connectivity index (χ1v) is 13.4. The zero-order valence-electron chi connectivity index (χ0n) is 19.3. The molecule has 0 radical (unpaired) electrons. The van der Waals surface area contributed by atoms with Crippen LogP contribution in [0.15, 0.2) is 113 Å². The minimum absolute atomic E-state index is 0.0565. The predicted octanol–water partition coefficient (Wildman–Crippen LogP) is 5.20. The van der Waals surface area contributed by atoms with Crippen molar-refractivity contribution >= 4 is 45.0 Å². The van der Waals surface area contributed by atoms with Gasteiger partial charge in [-0.25, -0.2) is 17.9 Å². The molecule has 4 N–H and O–H groups in total. The van der Waals surface area contributed by atoms with E-state index in [0.29, 0.717) is 16.9 Å². The van der Waals surface area contributed by atoms with E-state index in [1.54, 1.807) is 18.2 Å². The molecule has 0 saturated heterocycles. The Labute approximate surface area is 218 Å². The van der Waals surface area contributed by atoms with Gasteiger partial charge in [-0.1, -0.05) is 36.4 Å². The van der Waals surface area contributed by atoms with Crippen molar-refractivity contribution in [1.29, 1.82) is 0 Å². The van der Waals surface area contributed by atoms with Crippen molar-refractivity contribution in [2.45, 2.75) is 15.0 Å². The van der Waals surface area contributed by atoms with E-state index in [2.05, 4.69) is 10.6 Å². The number of anilines is 2. The normalized spacial score (nSPS) is 11.9. The number of carbonyl (C=O) groups is 2. The number of rotatable bonds is 8. The van der Waals surface area contributed by atoms with Crippen LogP contribution in [-0.4, -0.2) is 20.2 Å². The molecule has 0 aromatic heterocycles. The zero-order valence-corrected chi connectivity index (χ0v) is 20.9. The van der Waals surface area contributed by atoms with Crippen LogP contribution in [0.25, 0.3) is 0 Å². The summed E-state index contributed by atoms with van der Waals surface area (Å²) in [7, 11) is -3.84. The topological polar surface area (TPSA) is 118 Å². The molecule has 1 unspecified atom stereocenters. The summed E-state index contributed by atoms with van der Waals surface area (Å²) < 4.78 is 36.2. The van der Waals surface area contributed by atoms with Crippen LogP contribution in [0.3, 0.4) is 0 Å². The third-order valence-electron chi connectivity index (χ3n) is 5.24. The van der Waals surface area contributed by atoms with Gasteiger partial charge in [-0.15, -0.1) is 11.8 Å². The number of nitrogens with one attached hydrogen (secondary N) is 2. The fraction of sp³-hybridized carbons (Fsp3) is 0.0370. The molecule has 0 bridgehead atoms. The van der Waals surface area contributed by atoms with Gasteiger partial charge >= 0.3 is 0 Å². The third kappa shape index (κ3) is 7.04. The number of primary sulfonamides is 1. The standard InChI is InChI=1S/C27H22FN3O4S2/c28-20-11-9-19(10-12-20)26(32)31-22-7-4-8-23(17-22)36-25(18-5-2-1-3-6-18)27(33)30-21-13-15-24(16-14-21)37(29,34)35/h1-17,25H,(H,30,33)(H,31,32)(H2,29,34,35). The maximum atomic E-state index is 13.3. The largest absolute Gasteiger partial charge is 0.325 e. The lowest BCUT2D eigenvalue weighted by Crippen LogP contribution is -2.19. The van der Waals surface area contributed by atoms with Crippen LogP contribution >= 0.6 is 11.8 Å². The third-order valence-corrected chi connectivity index (χ3v) is 7.42. The molecular formula is C27H22FN3O4S2. The average molecular weight is 536 g/mol. The minimum Gasteiger partial charge on any atom is -0.325 e. The first-order chi connectivity index (χ1) is 17.7. The highest BCUT2D eigenvalue weighted by atomic mass is 32.2. The van der Waals surface area contributed by atoms with E-state index in [-0.39, 0.29) is 16.7 Å². The number of sulfonamides is 1. The number of thioether (sulfide) groups is 1. The summed E-state index contributed by atoms with van der Waals surface area (Å²) in [6.07, 6.45) is 0. The Hall–Kier alpha value is -3.99. The van der Waals surface area contributed by atoms with E-state index in [1.165, 1.54) is 60.3 Å². The number of hydrogen-bond donors (Lipinski definition) is 3. The molecule has 2 amide bonds. The summed E-state index contributed by atoms with van der Waals surface area (Å²) in [6, 6.07) is 27.0. The van der Waals surface area contributed by atoms with Crippen LogP contribution in [0.5, 0.6) is 0 Å². The van der Waals surface area contributed by atoms with Crippen molar-refractivity contribution in [3.63, 3.8) is 0 Å². The van der Waals surface area contributed by atoms with Crippen molar-refractivity contribution in [1.82, 2.24) is 0 Å². The number of carbonyl (C=O) groups excluding carboxylic acids is 2. The summed E-state index contributed by atoms with van der Waals surface area (Å²) in [6.45, 7) is 0. The van der Waals surface area contributed by atoms with Crippen molar-refractivity contribution in [3.05, 3.63) is 120 Å². The highest BCUT2D eigenvalue weighted by molar-refractivity contribution is 8.00. The second-order valence-electron chi connectivity index (χ2n) is 7.96. The van der Waals surface area contributed by atoms with Gasteiger partial charge in [0.15, 0.2) is 0 Å². The van der Waals surface area contributed by atoms with E-state index in [1.807, 2.05) is 36.4 Å². The van der Waals surface area contributed by atoms with Gasteiger partial charge in [0.2, 0.25) is 15.9 Å². The van der Waals surface area contributed by atoms with Crippen LogP contribution in [-0.2, 0) is 14.8 Å². The second-order valence-corrected chi connectivity index (χ2v) is 10.7. The minimum atomic E-state index is -3.84. The van der Waals surface area contributed by atoms with Crippen LogP contribution < -0.4 is 15.8 Å². The van der Waals surface area contributed by atoms with Crippen LogP contribution in [0.1, 0.15) is 21.2 Å². The molecule has 0 spiro atoms. The number of amides is 2. The molecule has 188 valence electrons. The maximum Gasteiger partial charge on any atom is 0.255 e. The summed E-state index contributed by atoms with van der Waals surface area (Å²) in [5, 5.41) is 10.1. The maximum absolute atomic E-state index is 13.3. The van der Waals surface area contributed by atoms with Gasteiger partial charge < -0.3 is 10.6 Å². The van der Waals surface area contributed by atoms with Gasteiger partial charge in [0, 0.05) is 21.8 Å². The summed E-state index contributed by atoms with van der Waals surface area (Å²) in [5.41, 5.74) is 2.01. The molecular weight excluding hydrogens is 513 g/mol. The van der Waals surface area contributed by atoms with Crippen LogP contribution in [0.2, 0.25) is 0 Å². The molecule has 37 heavy (non-hydrogen) atoms. The van der Waals surface area contributed by atoms with E-state index in [4.69, 9.17) is 5.14 Å². The SMILES string of the molecule is NS(=O)(=O)c1ccc(NC(=O)C(Sc2cccc(NC(=O)c3ccc(F)cc3)c2)c2ccccc2)cc1. The van der Waals surface area contributed by atoms with E-state index < -0.39 is 21.1 Å². The van der Waals surface area contributed by atoms with Gasteiger partial charge in [-0.3, -0.25) is 9.59 Å². The van der Waals surface area contributed by atoms with Crippen molar-refractivity contribution in [2.75, 3.05) is 10.6 Å². The first kappa shape index (κ1) is 26.1. The summed E-state index contributed by atoms with van der Waals surface area (Å²) in [5.74, 6) is -1.14. The predicted molar refractivity (Wildman–Crippen MR) is 142 cm³/mol. The lowest BCUT2D eigenvalue weighted by atomic mass is 10.1. The molecule has 0 aliphatic heterocycles. The molecule has 0 aliphatic rings. The molecule has 4 aromatic rings. The molecule has 0 aliphatic carbocycles. The van der Waals surface area contributed by atoms with Gasteiger partial charge in [-0.05, 0) is 72.3 Å². The Morgan fingerprint density at radius 3 is 2.11 bits per heavy atom. The number of benzene rings is 4. The molecule has 7 nitrogen and oxygen atoms in total. The molecule has 0 fully saturated rings. The highest BCUT2D eigenvalue weighted by Crippen LogP contribution is 2.37. The molecule has 4 rings (SSSR count). The molecule has 4 aromatic carbocycles. The molecule has 0 heterocycles. The lowest BCUT2D eigenvalue weighted by molar-refractivity contribution is -0.115. The highest BCUT2D eigenvalue weighted by Gasteiger charge is 2.23. The van der Waals surface area contributed by atoms with Crippen molar-refractivity contribution in [2.24, 2.45) is 5.14 Å². The number of hydrogen-bond acceptors (Lipinski definition) is 5. The van der Waals surface area contributed by atoms with Gasteiger partial charge in [-0.2, -0.15) is 0 Å². The van der Waals surface area contributed by atoms with Gasteiger partial charge in [0.05, 0.1) is 4.90 Å². The Morgan fingerprint density at radius 2 is 1.46 bits per heavy atom. The van der Waals surface area contributed by atoms with Gasteiger partial charge in [0.1, 0.15) is 11.1 Å². The fourth-order valence-corrected chi connectivity index (χ4v) is 5.02. The molecule has 1 atom stereocenters. The zero-order chi connectivity index (χ0) is 26.4. The van der Waals surface area contributed by atoms with Crippen molar-refractivity contribution in [3.8, 4) is 0 Å². The second kappa shape index (κ2) is 11.4. The van der Waals surface area contributed by atoms with Crippen LogP contribution in [0, 0.1) is 5.82 Å². The Balaban J connectivity index is 1.53. The Morgan fingerprint density at radius 1 is 0.784 bits per heavy atom. The van der Waals surface area contributed by atoms with E-state index in [9.17, 15) is 22.4 Å². The number of nitrogens with two attached hydrogens (primary N) is 1.